The number of benzene rings is 1. The number of para-hydroxylation sites is 1. The highest BCUT2D eigenvalue weighted by molar-refractivity contribution is 7.99. The molecule has 26 heavy (non-hydrogen) atoms. The fourth-order valence-corrected chi connectivity index (χ4v) is 4.28. The average Bonchev–Trinajstić information content (AvgIpc) is 3.37. The zero-order valence-corrected chi connectivity index (χ0v) is 16.1. The molecule has 1 aliphatic carbocycles. The second-order valence-electron chi connectivity index (χ2n) is 7.47. The van der Waals surface area contributed by atoms with Gasteiger partial charge in [-0.3, -0.25) is 4.79 Å². The van der Waals surface area contributed by atoms with Crippen LogP contribution in [0.1, 0.15) is 44.0 Å². The van der Waals surface area contributed by atoms with Gasteiger partial charge in [-0.15, -0.1) is 10.2 Å². The number of carbonyl (C=O) groups excluding carboxylic acids is 1. The molecule has 1 saturated carbocycles. The Morgan fingerprint density at radius 1 is 1.35 bits per heavy atom. The van der Waals surface area contributed by atoms with Gasteiger partial charge in [0.05, 0.1) is 5.75 Å². The number of allylic oxidation sites excluding steroid dienone is 2. The molecule has 0 unspecified atom stereocenters. The van der Waals surface area contributed by atoms with Crippen molar-refractivity contribution in [3.05, 3.63) is 47.4 Å². The van der Waals surface area contributed by atoms with E-state index >= 15 is 0 Å². The van der Waals surface area contributed by atoms with Crippen LogP contribution >= 0.6 is 11.8 Å². The van der Waals surface area contributed by atoms with Gasteiger partial charge in [0.15, 0.2) is 11.6 Å². The number of hydrogen-bond donors (Lipinski definition) is 1. The molecule has 6 nitrogen and oxygen atoms in total. The number of ketones is 1. The van der Waals surface area contributed by atoms with Gasteiger partial charge >= 0.3 is 0 Å². The minimum Gasteiger partial charge on any atom is -0.347 e. The van der Waals surface area contributed by atoms with E-state index in [0.29, 0.717) is 16.8 Å². The zero-order valence-electron chi connectivity index (χ0n) is 15.3. The molecule has 1 aliphatic heterocycles. The highest BCUT2D eigenvalue weighted by atomic mass is 32.2. The van der Waals surface area contributed by atoms with Gasteiger partial charge in [-0.2, -0.15) is 0 Å². The van der Waals surface area contributed by atoms with Crippen molar-refractivity contribution < 1.29 is 4.79 Å². The Balaban J connectivity index is 1.49. The average molecular weight is 369 g/mol. The lowest BCUT2D eigenvalue weighted by molar-refractivity contribution is -0.112. The number of likely N-dealkylation sites (N-methyl/N-ethyl adjacent to an activating group) is 1. The van der Waals surface area contributed by atoms with Crippen molar-refractivity contribution in [2.45, 2.75) is 43.2 Å². The Bertz CT molecular complexity index is 897. The van der Waals surface area contributed by atoms with E-state index in [9.17, 15) is 4.79 Å². The minimum atomic E-state index is -0.196. The highest BCUT2D eigenvalue weighted by Gasteiger charge is 2.38. The quantitative estimate of drug-likeness (QED) is 0.496. The molecule has 2 heterocycles. The zero-order chi connectivity index (χ0) is 18.5. The van der Waals surface area contributed by atoms with Crippen LogP contribution in [-0.4, -0.2) is 33.5 Å². The number of nitrogens with zero attached hydrogens (tertiary/aromatic N) is 4. The standard InChI is InChI=1S/C19H23N5OS/c1-19(2)14-6-4-5-7-15(14)23(3)16(19)10-13(25)11-26-18-22-21-17(24(18)20)12-8-9-12/h4-7,10,12H,8-9,11,20H2,1-3H3/b16-10+. The summed E-state index contributed by atoms with van der Waals surface area (Å²) in [5.74, 6) is 7.66. The number of thioether (sulfide) groups is 1. The molecule has 2 N–H and O–H groups in total. The van der Waals surface area contributed by atoms with Crippen LogP contribution in [0, 0.1) is 0 Å². The summed E-state index contributed by atoms with van der Waals surface area (Å²) in [6.07, 6.45) is 3.99. The first-order valence-electron chi connectivity index (χ1n) is 8.81. The summed E-state index contributed by atoms with van der Waals surface area (Å²) < 4.78 is 1.53. The summed E-state index contributed by atoms with van der Waals surface area (Å²) in [5, 5.41) is 8.88. The molecular formula is C19H23N5OS. The number of aromatic nitrogens is 3. The SMILES string of the molecule is CN1/C(=C/C(=O)CSc2nnc(C3CC3)n2N)C(C)(C)c2ccccc21. The number of hydrogen-bond acceptors (Lipinski definition) is 6. The van der Waals surface area contributed by atoms with Crippen molar-refractivity contribution in [1.29, 1.82) is 0 Å². The first kappa shape index (κ1) is 17.1. The van der Waals surface area contributed by atoms with Gasteiger partial charge < -0.3 is 10.7 Å². The Morgan fingerprint density at radius 2 is 2.08 bits per heavy atom. The summed E-state index contributed by atoms with van der Waals surface area (Å²) in [6.45, 7) is 4.31. The predicted molar refractivity (Wildman–Crippen MR) is 104 cm³/mol. The lowest BCUT2D eigenvalue weighted by Crippen LogP contribution is -2.24. The molecule has 0 amide bonds. The van der Waals surface area contributed by atoms with E-state index in [-0.39, 0.29) is 11.2 Å². The van der Waals surface area contributed by atoms with Crippen molar-refractivity contribution in [3.8, 4) is 0 Å². The number of anilines is 1. The van der Waals surface area contributed by atoms with Crippen LogP contribution in [0.15, 0.2) is 41.2 Å². The van der Waals surface area contributed by atoms with Crippen LogP contribution in [0.5, 0.6) is 0 Å². The van der Waals surface area contributed by atoms with Crippen LogP contribution in [0.2, 0.25) is 0 Å². The summed E-state index contributed by atoms with van der Waals surface area (Å²) in [5.41, 5.74) is 3.21. The van der Waals surface area contributed by atoms with E-state index in [1.54, 1.807) is 6.08 Å². The van der Waals surface area contributed by atoms with E-state index in [1.807, 2.05) is 19.2 Å². The smallest absolute Gasteiger partial charge is 0.210 e. The maximum Gasteiger partial charge on any atom is 0.210 e. The first-order valence-corrected chi connectivity index (χ1v) is 9.79. The summed E-state index contributed by atoms with van der Waals surface area (Å²) in [7, 11) is 2.01. The van der Waals surface area contributed by atoms with E-state index in [2.05, 4.69) is 41.1 Å². The molecule has 7 heteroatoms. The largest absolute Gasteiger partial charge is 0.347 e. The minimum absolute atomic E-state index is 0.0497. The molecule has 0 radical (unpaired) electrons. The van der Waals surface area contributed by atoms with Crippen LogP contribution in [0.4, 0.5) is 5.69 Å². The van der Waals surface area contributed by atoms with Gasteiger partial charge in [-0.1, -0.05) is 43.8 Å². The molecule has 0 atom stereocenters. The molecule has 0 spiro atoms. The molecule has 2 aromatic rings. The Morgan fingerprint density at radius 3 is 2.77 bits per heavy atom. The Hall–Kier alpha value is -2.28. The van der Waals surface area contributed by atoms with E-state index in [4.69, 9.17) is 5.84 Å². The molecule has 4 rings (SSSR count). The fraction of sp³-hybridized carbons (Fsp3) is 0.421. The van der Waals surface area contributed by atoms with Gasteiger partial charge in [0, 0.05) is 35.8 Å². The van der Waals surface area contributed by atoms with Crippen molar-refractivity contribution in [1.82, 2.24) is 14.9 Å². The molecule has 1 aromatic heterocycles. The number of fused-ring (bicyclic) bond motifs is 1. The molecule has 1 fully saturated rings. The lowest BCUT2D eigenvalue weighted by atomic mass is 9.83. The number of nitrogen functional groups attached to an aromatic ring is 1. The summed E-state index contributed by atoms with van der Waals surface area (Å²) in [4.78, 5) is 14.7. The van der Waals surface area contributed by atoms with Crippen LogP contribution < -0.4 is 10.7 Å². The Kier molecular flexibility index (Phi) is 4.06. The van der Waals surface area contributed by atoms with Crippen LogP contribution in [0.3, 0.4) is 0 Å². The number of nitrogens with two attached hydrogens (primary N) is 1. The van der Waals surface area contributed by atoms with Gasteiger partial charge in [0.2, 0.25) is 5.16 Å². The van der Waals surface area contributed by atoms with Crippen molar-refractivity contribution in [2.75, 3.05) is 23.5 Å². The van der Waals surface area contributed by atoms with Gasteiger partial charge in [-0.05, 0) is 24.5 Å². The van der Waals surface area contributed by atoms with Crippen LogP contribution in [-0.2, 0) is 10.2 Å². The molecule has 136 valence electrons. The first-order chi connectivity index (χ1) is 12.4. The second kappa shape index (κ2) is 6.16. The fourth-order valence-electron chi connectivity index (χ4n) is 3.60. The molecular weight excluding hydrogens is 346 g/mol. The van der Waals surface area contributed by atoms with Crippen molar-refractivity contribution >= 4 is 23.2 Å². The van der Waals surface area contributed by atoms with Gasteiger partial charge in [0.1, 0.15) is 0 Å². The maximum absolute atomic E-state index is 12.6. The number of carbonyl (C=O) groups is 1. The highest BCUT2D eigenvalue weighted by Crippen LogP contribution is 2.46. The van der Waals surface area contributed by atoms with Gasteiger partial charge in [0.25, 0.3) is 0 Å². The topological polar surface area (TPSA) is 77.0 Å². The summed E-state index contributed by atoms with van der Waals surface area (Å²) >= 11 is 1.34. The molecule has 0 saturated heterocycles. The van der Waals surface area contributed by atoms with Crippen LogP contribution in [0.25, 0.3) is 0 Å². The molecule has 0 bridgehead atoms. The monoisotopic (exact) mass is 369 g/mol. The third-order valence-corrected chi connectivity index (χ3v) is 6.18. The third kappa shape index (κ3) is 2.80. The van der Waals surface area contributed by atoms with Gasteiger partial charge in [-0.25, -0.2) is 4.68 Å². The van der Waals surface area contributed by atoms with E-state index < -0.39 is 0 Å². The second-order valence-corrected chi connectivity index (χ2v) is 8.41. The Labute approximate surface area is 157 Å². The normalized spacial score (nSPS) is 19.8. The van der Waals surface area contributed by atoms with Crippen molar-refractivity contribution in [3.63, 3.8) is 0 Å². The van der Waals surface area contributed by atoms with E-state index in [0.717, 1.165) is 30.1 Å². The third-order valence-electron chi connectivity index (χ3n) is 5.22. The maximum atomic E-state index is 12.6. The lowest BCUT2D eigenvalue weighted by Gasteiger charge is -2.23. The number of rotatable bonds is 5. The summed E-state index contributed by atoms with van der Waals surface area (Å²) in [6, 6.07) is 8.29. The van der Waals surface area contributed by atoms with E-state index in [1.165, 1.54) is 22.0 Å². The van der Waals surface area contributed by atoms with Crippen molar-refractivity contribution in [2.24, 2.45) is 0 Å². The molecule has 2 aliphatic rings. The predicted octanol–water partition coefficient (Wildman–Crippen LogP) is 2.84. The molecule has 1 aromatic carbocycles.